The first-order chi connectivity index (χ1) is 9.99. The lowest BCUT2D eigenvalue weighted by atomic mass is 10.0. The number of hydrogen-bond acceptors (Lipinski definition) is 5. The fourth-order valence-electron chi connectivity index (χ4n) is 2.30. The number of carbonyl (C=O) groups excluding carboxylic acids is 1. The second-order valence-electron chi connectivity index (χ2n) is 5.22. The predicted molar refractivity (Wildman–Crippen MR) is 77.0 cm³/mol. The number of carbonyl (C=O) groups is 1. The van der Waals surface area contributed by atoms with Crippen molar-refractivity contribution < 1.29 is 24.1 Å². The molecule has 2 rings (SSSR count). The minimum Gasteiger partial charge on any atom is -0.496 e. The van der Waals surface area contributed by atoms with E-state index in [0.29, 0.717) is 30.1 Å². The Morgan fingerprint density at radius 3 is 2.48 bits per heavy atom. The highest BCUT2D eigenvalue weighted by Crippen LogP contribution is 2.29. The van der Waals surface area contributed by atoms with E-state index >= 15 is 0 Å². The fourth-order valence-corrected chi connectivity index (χ4v) is 2.30. The van der Waals surface area contributed by atoms with E-state index in [1.165, 1.54) is 0 Å². The van der Waals surface area contributed by atoms with Gasteiger partial charge < -0.3 is 24.6 Å². The van der Waals surface area contributed by atoms with Crippen LogP contribution in [0.25, 0.3) is 0 Å². The van der Waals surface area contributed by atoms with Gasteiger partial charge in [-0.25, -0.2) is 0 Å². The molecule has 1 aliphatic heterocycles. The maximum absolute atomic E-state index is 12.2. The van der Waals surface area contributed by atoms with Crippen molar-refractivity contribution in [3.05, 3.63) is 23.3 Å². The third-order valence-electron chi connectivity index (χ3n) is 3.67. The van der Waals surface area contributed by atoms with Crippen molar-refractivity contribution in [3.8, 4) is 11.5 Å². The third-order valence-corrected chi connectivity index (χ3v) is 3.67. The van der Waals surface area contributed by atoms with Gasteiger partial charge >= 0.3 is 0 Å². The molecular weight excluding hydrogens is 274 g/mol. The lowest BCUT2D eigenvalue weighted by molar-refractivity contribution is 0.0264. The molecule has 1 aliphatic rings. The Balaban J connectivity index is 2.11. The summed E-state index contributed by atoms with van der Waals surface area (Å²) in [4.78, 5) is 12.2. The van der Waals surface area contributed by atoms with E-state index < -0.39 is 5.60 Å². The normalized spacial score (nSPS) is 21.1. The number of ether oxygens (including phenoxy) is 3. The third kappa shape index (κ3) is 3.46. The number of benzene rings is 1. The summed E-state index contributed by atoms with van der Waals surface area (Å²) >= 11 is 0. The summed E-state index contributed by atoms with van der Waals surface area (Å²) < 4.78 is 15.6. The fraction of sp³-hybridized carbons (Fsp3) is 0.533. The molecule has 0 saturated carbocycles. The largest absolute Gasteiger partial charge is 0.496 e. The van der Waals surface area contributed by atoms with Gasteiger partial charge in [0, 0.05) is 30.7 Å². The van der Waals surface area contributed by atoms with Crippen LogP contribution in [0.15, 0.2) is 12.1 Å². The Morgan fingerprint density at radius 2 is 2.00 bits per heavy atom. The van der Waals surface area contributed by atoms with E-state index in [4.69, 9.17) is 14.2 Å². The standard InChI is InChI=1S/C15H21NO5/c1-10-12(19-2)6-11(7-13(10)20-3)14(17)16-8-15(18)4-5-21-9-15/h6-7,18H,4-5,8-9H2,1-3H3,(H,16,17). The van der Waals surface area contributed by atoms with E-state index in [-0.39, 0.29) is 19.1 Å². The van der Waals surface area contributed by atoms with Crippen molar-refractivity contribution in [2.24, 2.45) is 0 Å². The minimum atomic E-state index is -0.978. The Labute approximate surface area is 124 Å². The zero-order chi connectivity index (χ0) is 15.5. The molecule has 0 aliphatic carbocycles. The topological polar surface area (TPSA) is 77.0 Å². The molecular formula is C15H21NO5. The molecule has 1 unspecified atom stereocenters. The number of rotatable bonds is 5. The first-order valence-electron chi connectivity index (χ1n) is 6.80. The zero-order valence-corrected chi connectivity index (χ0v) is 12.6. The molecule has 0 aromatic heterocycles. The molecule has 2 N–H and O–H groups in total. The maximum Gasteiger partial charge on any atom is 0.251 e. The molecule has 1 heterocycles. The van der Waals surface area contributed by atoms with E-state index in [1.54, 1.807) is 26.4 Å². The maximum atomic E-state index is 12.2. The van der Waals surface area contributed by atoms with Crippen LogP contribution >= 0.6 is 0 Å². The molecule has 21 heavy (non-hydrogen) atoms. The molecule has 1 aromatic rings. The van der Waals surface area contributed by atoms with Gasteiger partial charge in [0.1, 0.15) is 17.1 Å². The van der Waals surface area contributed by atoms with Crippen LogP contribution < -0.4 is 14.8 Å². The summed E-state index contributed by atoms with van der Waals surface area (Å²) in [5.74, 6) is 0.886. The lowest BCUT2D eigenvalue weighted by Crippen LogP contribution is -2.43. The van der Waals surface area contributed by atoms with E-state index in [2.05, 4.69) is 5.32 Å². The highest BCUT2D eigenvalue weighted by atomic mass is 16.5. The minimum absolute atomic E-state index is 0.157. The highest BCUT2D eigenvalue weighted by Gasteiger charge is 2.32. The SMILES string of the molecule is COc1cc(C(=O)NCC2(O)CCOC2)cc(OC)c1C. The van der Waals surface area contributed by atoms with Crippen molar-refractivity contribution in [2.75, 3.05) is 34.0 Å². The number of nitrogens with one attached hydrogen (secondary N) is 1. The van der Waals surface area contributed by atoms with Gasteiger partial charge in [-0.05, 0) is 19.1 Å². The number of amides is 1. The quantitative estimate of drug-likeness (QED) is 0.844. The summed E-state index contributed by atoms with van der Waals surface area (Å²) in [6.45, 7) is 2.77. The number of aliphatic hydroxyl groups is 1. The molecule has 1 aromatic carbocycles. The van der Waals surface area contributed by atoms with Crippen LogP contribution in [-0.4, -0.2) is 50.6 Å². The summed E-state index contributed by atoms with van der Waals surface area (Å²) in [7, 11) is 3.09. The van der Waals surface area contributed by atoms with Gasteiger partial charge in [0.05, 0.1) is 20.8 Å². The Hall–Kier alpha value is -1.79. The van der Waals surface area contributed by atoms with E-state index in [9.17, 15) is 9.90 Å². The molecule has 0 radical (unpaired) electrons. The summed E-state index contributed by atoms with van der Waals surface area (Å²) in [6, 6.07) is 3.31. The second-order valence-corrected chi connectivity index (χ2v) is 5.22. The van der Waals surface area contributed by atoms with Gasteiger partial charge in [-0.3, -0.25) is 4.79 Å². The smallest absolute Gasteiger partial charge is 0.251 e. The summed E-state index contributed by atoms with van der Waals surface area (Å²) in [5, 5.41) is 12.9. The molecule has 116 valence electrons. The lowest BCUT2D eigenvalue weighted by Gasteiger charge is -2.21. The van der Waals surface area contributed by atoms with Crippen molar-refractivity contribution in [2.45, 2.75) is 18.9 Å². The molecule has 6 nitrogen and oxygen atoms in total. The molecule has 6 heteroatoms. The van der Waals surface area contributed by atoms with Crippen molar-refractivity contribution >= 4 is 5.91 Å². The Bertz CT molecular complexity index is 498. The molecule has 1 atom stereocenters. The molecule has 1 amide bonds. The molecule has 1 fully saturated rings. The van der Waals surface area contributed by atoms with Crippen molar-refractivity contribution in [3.63, 3.8) is 0 Å². The highest BCUT2D eigenvalue weighted by molar-refractivity contribution is 5.95. The summed E-state index contributed by atoms with van der Waals surface area (Å²) in [6.07, 6.45) is 0.522. The zero-order valence-electron chi connectivity index (χ0n) is 12.6. The van der Waals surface area contributed by atoms with Crippen molar-refractivity contribution in [1.82, 2.24) is 5.32 Å². The van der Waals surface area contributed by atoms with Gasteiger partial charge in [0.15, 0.2) is 0 Å². The second kappa shape index (κ2) is 6.32. The predicted octanol–water partition coefficient (Wildman–Crippen LogP) is 0.893. The van der Waals surface area contributed by atoms with Gasteiger partial charge in [-0.15, -0.1) is 0 Å². The van der Waals surface area contributed by atoms with Crippen LogP contribution in [0.2, 0.25) is 0 Å². The number of methoxy groups -OCH3 is 2. The van der Waals surface area contributed by atoms with Crippen LogP contribution in [0.5, 0.6) is 11.5 Å². The van der Waals surface area contributed by atoms with E-state index in [1.807, 2.05) is 6.92 Å². The first-order valence-corrected chi connectivity index (χ1v) is 6.80. The molecule has 0 spiro atoms. The Morgan fingerprint density at radius 1 is 1.38 bits per heavy atom. The van der Waals surface area contributed by atoms with Gasteiger partial charge in [0.25, 0.3) is 5.91 Å². The Kier molecular flexibility index (Phi) is 4.69. The molecule has 0 bridgehead atoms. The van der Waals surface area contributed by atoms with Gasteiger partial charge in [-0.2, -0.15) is 0 Å². The van der Waals surface area contributed by atoms with Gasteiger partial charge in [-0.1, -0.05) is 0 Å². The average Bonchev–Trinajstić information content (AvgIpc) is 2.92. The monoisotopic (exact) mass is 295 g/mol. The average molecular weight is 295 g/mol. The van der Waals surface area contributed by atoms with E-state index in [0.717, 1.165) is 5.56 Å². The number of hydrogen-bond donors (Lipinski definition) is 2. The first kappa shape index (κ1) is 15.6. The van der Waals surface area contributed by atoms with Crippen LogP contribution in [-0.2, 0) is 4.74 Å². The van der Waals surface area contributed by atoms with Crippen LogP contribution in [0.1, 0.15) is 22.3 Å². The van der Waals surface area contributed by atoms with Crippen LogP contribution in [0.3, 0.4) is 0 Å². The molecule has 1 saturated heterocycles. The van der Waals surface area contributed by atoms with Crippen molar-refractivity contribution in [1.29, 1.82) is 0 Å². The van der Waals surface area contributed by atoms with Crippen LogP contribution in [0, 0.1) is 6.92 Å². The van der Waals surface area contributed by atoms with Gasteiger partial charge in [0.2, 0.25) is 0 Å². The summed E-state index contributed by atoms with van der Waals surface area (Å²) in [5.41, 5.74) is 0.283. The van der Waals surface area contributed by atoms with Crippen LogP contribution in [0.4, 0.5) is 0 Å².